The second-order valence-electron chi connectivity index (χ2n) is 3.53. The van der Waals surface area contributed by atoms with Crippen LogP contribution in [0.15, 0.2) is 12.4 Å². The molecule has 0 spiro atoms. The molecule has 0 bridgehead atoms. The van der Waals surface area contributed by atoms with Crippen LogP contribution in [-0.2, 0) is 4.79 Å². The Morgan fingerprint density at radius 1 is 1.38 bits per heavy atom. The molecule has 1 aromatic rings. The van der Waals surface area contributed by atoms with Crippen molar-refractivity contribution in [3.05, 3.63) is 18.1 Å². The van der Waals surface area contributed by atoms with Crippen LogP contribution in [-0.4, -0.2) is 40.0 Å². The molecule has 16 heavy (non-hydrogen) atoms. The number of anilines is 1. The lowest BCUT2D eigenvalue weighted by Gasteiger charge is -2.37. The highest BCUT2D eigenvalue weighted by Gasteiger charge is 2.35. The lowest BCUT2D eigenvalue weighted by Crippen LogP contribution is -2.51. The van der Waals surface area contributed by atoms with Gasteiger partial charge in [0.2, 0.25) is 0 Å². The molecule has 1 fully saturated rings. The number of primary amides is 1. The predicted molar refractivity (Wildman–Crippen MR) is 53.9 cm³/mol. The van der Waals surface area contributed by atoms with E-state index in [2.05, 4.69) is 9.97 Å². The molecule has 1 aliphatic rings. The van der Waals surface area contributed by atoms with Crippen molar-refractivity contribution in [2.24, 2.45) is 11.7 Å². The number of hydrogen-bond acceptors (Lipinski definition) is 5. The van der Waals surface area contributed by atoms with E-state index in [1.807, 2.05) is 0 Å². The molecule has 0 saturated carbocycles. The van der Waals surface area contributed by atoms with E-state index in [0.717, 1.165) is 0 Å². The highest BCUT2D eigenvalue weighted by atomic mass is 16.4. The standard InChI is InChI=1S/C9H10N4O3/c10-7(14)6-8(12-2-1-11-6)13-3-5(4-13)9(15)16/h1-2,5H,3-4H2,(H2,10,14)(H,15,16). The zero-order chi connectivity index (χ0) is 11.7. The summed E-state index contributed by atoms with van der Waals surface area (Å²) in [5.41, 5.74) is 5.22. The molecular formula is C9H10N4O3. The van der Waals surface area contributed by atoms with Gasteiger partial charge in [0, 0.05) is 25.5 Å². The zero-order valence-electron chi connectivity index (χ0n) is 8.33. The number of carboxylic acids is 1. The molecule has 0 atom stereocenters. The zero-order valence-corrected chi connectivity index (χ0v) is 8.33. The Kier molecular flexibility index (Phi) is 2.43. The molecule has 1 saturated heterocycles. The summed E-state index contributed by atoms with van der Waals surface area (Å²) < 4.78 is 0. The molecule has 0 aromatic carbocycles. The average molecular weight is 222 g/mol. The normalized spacial score (nSPS) is 15.6. The number of rotatable bonds is 3. The summed E-state index contributed by atoms with van der Waals surface area (Å²) in [4.78, 5) is 31.2. The van der Waals surface area contributed by atoms with Gasteiger partial charge >= 0.3 is 5.97 Å². The van der Waals surface area contributed by atoms with E-state index in [1.54, 1.807) is 4.90 Å². The first kappa shape index (κ1) is 10.3. The van der Waals surface area contributed by atoms with E-state index in [4.69, 9.17) is 10.8 Å². The van der Waals surface area contributed by atoms with Crippen molar-refractivity contribution in [2.45, 2.75) is 0 Å². The molecule has 0 unspecified atom stereocenters. The van der Waals surface area contributed by atoms with Crippen molar-refractivity contribution in [1.29, 1.82) is 0 Å². The number of carbonyl (C=O) groups is 2. The van der Waals surface area contributed by atoms with Crippen molar-refractivity contribution in [3.63, 3.8) is 0 Å². The molecule has 1 amide bonds. The van der Waals surface area contributed by atoms with Gasteiger partial charge in [-0.25, -0.2) is 9.97 Å². The first-order valence-corrected chi connectivity index (χ1v) is 4.68. The van der Waals surface area contributed by atoms with E-state index >= 15 is 0 Å². The Labute approximate surface area is 90.9 Å². The Morgan fingerprint density at radius 2 is 2.00 bits per heavy atom. The van der Waals surface area contributed by atoms with Crippen LogP contribution in [0.2, 0.25) is 0 Å². The number of carboxylic acid groups (broad SMARTS) is 1. The van der Waals surface area contributed by atoms with Gasteiger partial charge in [-0.05, 0) is 0 Å². The van der Waals surface area contributed by atoms with Gasteiger partial charge in [-0.3, -0.25) is 9.59 Å². The maximum absolute atomic E-state index is 11.1. The van der Waals surface area contributed by atoms with Crippen molar-refractivity contribution in [3.8, 4) is 0 Å². The highest BCUT2D eigenvalue weighted by Crippen LogP contribution is 2.24. The van der Waals surface area contributed by atoms with Crippen molar-refractivity contribution in [1.82, 2.24) is 9.97 Å². The van der Waals surface area contributed by atoms with Gasteiger partial charge in [0.25, 0.3) is 5.91 Å². The SMILES string of the molecule is NC(=O)c1nccnc1N1CC(C(=O)O)C1. The molecule has 3 N–H and O–H groups in total. The first-order chi connectivity index (χ1) is 7.59. The molecule has 1 aliphatic heterocycles. The summed E-state index contributed by atoms with van der Waals surface area (Å²) in [6.45, 7) is 0.655. The smallest absolute Gasteiger partial charge is 0.310 e. The third-order valence-corrected chi connectivity index (χ3v) is 2.44. The molecular weight excluding hydrogens is 212 g/mol. The minimum Gasteiger partial charge on any atom is -0.481 e. The molecule has 84 valence electrons. The fourth-order valence-corrected chi connectivity index (χ4v) is 1.54. The maximum Gasteiger partial charge on any atom is 0.310 e. The van der Waals surface area contributed by atoms with Crippen LogP contribution in [0.3, 0.4) is 0 Å². The minimum absolute atomic E-state index is 0.0753. The average Bonchev–Trinajstić information content (AvgIpc) is 2.15. The lowest BCUT2D eigenvalue weighted by molar-refractivity contribution is -0.142. The fourth-order valence-electron chi connectivity index (χ4n) is 1.54. The molecule has 2 rings (SSSR count). The lowest BCUT2D eigenvalue weighted by atomic mass is 10.0. The third-order valence-electron chi connectivity index (χ3n) is 2.44. The van der Waals surface area contributed by atoms with Crippen LogP contribution in [0, 0.1) is 5.92 Å². The van der Waals surface area contributed by atoms with Gasteiger partial charge < -0.3 is 15.7 Å². The van der Waals surface area contributed by atoms with Gasteiger partial charge in [0.1, 0.15) is 0 Å². The van der Waals surface area contributed by atoms with Crippen molar-refractivity contribution >= 4 is 17.7 Å². The highest BCUT2D eigenvalue weighted by molar-refractivity contribution is 5.96. The largest absolute Gasteiger partial charge is 0.481 e. The number of nitrogens with zero attached hydrogens (tertiary/aromatic N) is 3. The molecule has 7 nitrogen and oxygen atoms in total. The summed E-state index contributed by atoms with van der Waals surface area (Å²) in [6.07, 6.45) is 2.81. The number of carbonyl (C=O) groups excluding carboxylic acids is 1. The van der Waals surface area contributed by atoms with Crippen molar-refractivity contribution in [2.75, 3.05) is 18.0 Å². The van der Waals surface area contributed by atoms with E-state index in [1.165, 1.54) is 12.4 Å². The van der Waals surface area contributed by atoms with Crippen LogP contribution >= 0.6 is 0 Å². The third kappa shape index (κ3) is 1.67. The molecule has 0 radical (unpaired) electrons. The van der Waals surface area contributed by atoms with Crippen LogP contribution in [0.5, 0.6) is 0 Å². The van der Waals surface area contributed by atoms with Crippen LogP contribution < -0.4 is 10.6 Å². The number of aliphatic carboxylic acids is 1. The first-order valence-electron chi connectivity index (χ1n) is 4.68. The summed E-state index contributed by atoms with van der Waals surface area (Å²) in [7, 11) is 0. The maximum atomic E-state index is 11.1. The number of hydrogen-bond donors (Lipinski definition) is 2. The van der Waals surface area contributed by atoms with Gasteiger partial charge in [-0.1, -0.05) is 0 Å². The van der Waals surface area contributed by atoms with E-state index < -0.39 is 17.8 Å². The summed E-state index contributed by atoms with van der Waals surface area (Å²) >= 11 is 0. The Morgan fingerprint density at radius 3 is 2.56 bits per heavy atom. The summed E-state index contributed by atoms with van der Waals surface area (Å²) in [6, 6.07) is 0. The van der Waals surface area contributed by atoms with Crippen LogP contribution in [0.1, 0.15) is 10.5 Å². The summed E-state index contributed by atoms with van der Waals surface area (Å²) in [5, 5.41) is 8.72. The molecule has 2 heterocycles. The van der Waals surface area contributed by atoms with Gasteiger partial charge in [0.05, 0.1) is 5.92 Å². The van der Waals surface area contributed by atoms with E-state index in [0.29, 0.717) is 18.9 Å². The second-order valence-corrected chi connectivity index (χ2v) is 3.53. The predicted octanol–water partition coefficient (Wildman–Crippen LogP) is -0.904. The van der Waals surface area contributed by atoms with Crippen molar-refractivity contribution < 1.29 is 14.7 Å². The number of nitrogens with two attached hydrogens (primary N) is 1. The minimum atomic E-state index is -0.847. The quantitative estimate of drug-likeness (QED) is 0.685. The van der Waals surface area contributed by atoms with E-state index in [9.17, 15) is 9.59 Å². The fraction of sp³-hybridized carbons (Fsp3) is 0.333. The van der Waals surface area contributed by atoms with Gasteiger partial charge in [-0.2, -0.15) is 0 Å². The van der Waals surface area contributed by atoms with Gasteiger partial charge in [-0.15, -0.1) is 0 Å². The molecule has 0 aliphatic carbocycles. The Bertz CT molecular complexity index is 442. The second kappa shape index (κ2) is 3.76. The topological polar surface area (TPSA) is 109 Å². The summed E-state index contributed by atoms with van der Waals surface area (Å²) in [5.74, 6) is -1.57. The number of aromatic nitrogens is 2. The molecule has 7 heteroatoms. The Hall–Kier alpha value is -2.18. The Balaban J connectivity index is 2.17. The number of amides is 1. The van der Waals surface area contributed by atoms with Crippen LogP contribution in [0.4, 0.5) is 5.82 Å². The molecule has 1 aromatic heterocycles. The van der Waals surface area contributed by atoms with Gasteiger partial charge in [0.15, 0.2) is 11.5 Å². The monoisotopic (exact) mass is 222 g/mol. The van der Waals surface area contributed by atoms with Crippen LogP contribution in [0.25, 0.3) is 0 Å². The van der Waals surface area contributed by atoms with E-state index in [-0.39, 0.29) is 5.69 Å².